The van der Waals surface area contributed by atoms with Crippen LogP contribution in [0.4, 0.5) is 10.1 Å². The summed E-state index contributed by atoms with van der Waals surface area (Å²) >= 11 is 0. The topological polar surface area (TPSA) is 24.5 Å². The fraction of sp³-hybridized carbons (Fsp3) is 0.647. The fourth-order valence-corrected chi connectivity index (χ4v) is 2.65. The molecule has 1 fully saturated rings. The Balaban J connectivity index is 1.95. The predicted octanol–water partition coefficient (Wildman–Crippen LogP) is 3.33. The smallest absolute Gasteiger partial charge is 0.146 e. The van der Waals surface area contributed by atoms with Crippen molar-refractivity contribution in [2.24, 2.45) is 0 Å². The molecule has 1 N–H and O–H groups in total. The largest absolute Gasteiger partial charge is 0.376 e. The summed E-state index contributed by atoms with van der Waals surface area (Å²) in [5.41, 5.74) is 1.63. The first-order valence-corrected chi connectivity index (χ1v) is 7.91. The summed E-state index contributed by atoms with van der Waals surface area (Å²) in [7, 11) is 1.93. The SMILES string of the molecule is CC(C)NCc1ccc(N(C)CC2CCCCO2)c(F)c1. The Morgan fingerprint density at radius 3 is 2.81 bits per heavy atom. The molecule has 4 heteroatoms. The summed E-state index contributed by atoms with van der Waals surface area (Å²) < 4.78 is 20.0. The van der Waals surface area contributed by atoms with E-state index >= 15 is 0 Å². The number of rotatable bonds is 6. The number of nitrogens with zero attached hydrogens (tertiary/aromatic N) is 1. The molecule has 0 aromatic heterocycles. The van der Waals surface area contributed by atoms with Gasteiger partial charge in [-0.15, -0.1) is 0 Å². The second-order valence-corrected chi connectivity index (χ2v) is 6.19. The van der Waals surface area contributed by atoms with Crippen LogP contribution in [-0.4, -0.2) is 32.3 Å². The van der Waals surface area contributed by atoms with Crippen molar-refractivity contribution in [1.29, 1.82) is 0 Å². The summed E-state index contributed by atoms with van der Waals surface area (Å²) in [4.78, 5) is 1.96. The fourth-order valence-electron chi connectivity index (χ4n) is 2.65. The van der Waals surface area contributed by atoms with Crippen LogP contribution in [0.1, 0.15) is 38.7 Å². The van der Waals surface area contributed by atoms with Gasteiger partial charge in [0, 0.05) is 32.8 Å². The molecule has 3 nitrogen and oxygen atoms in total. The first-order chi connectivity index (χ1) is 10.1. The summed E-state index contributed by atoms with van der Waals surface area (Å²) in [6.45, 7) is 6.46. The van der Waals surface area contributed by atoms with Gasteiger partial charge in [-0.2, -0.15) is 0 Å². The minimum Gasteiger partial charge on any atom is -0.376 e. The average Bonchev–Trinajstić information content (AvgIpc) is 2.46. The van der Waals surface area contributed by atoms with Gasteiger partial charge in [0.25, 0.3) is 0 Å². The average molecular weight is 294 g/mol. The van der Waals surface area contributed by atoms with Gasteiger partial charge in [-0.3, -0.25) is 0 Å². The van der Waals surface area contributed by atoms with Crippen molar-refractivity contribution in [2.45, 2.75) is 51.8 Å². The molecule has 1 unspecified atom stereocenters. The van der Waals surface area contributed by atoms with Crippen LogP contribution in [0, 0.1) is 5.82 Å². The molecule has 0 radical (unpaired) electrons. The van der Waals surface area contributed by atoms with Crippen LogP contribution >= 0.6 is 0 Å². The van der Waals surface area contributed by atoms with E-state index in [1.807, 2.05) is 24.1 Å². The molecule has 1 aliphatic rings. The number of halogens is 1. The number of likely N-dealkylation sites (N-methyl/N-ethyl adjacent to an activating group) is 1. The maximum atomic E-state index is 14.3. The van der Waals surface area contributed by atoms with E-state index < -0.39 is 0 Å². The van der Waals surface area contributed by atoms with Gasteiger partial charge in [0.1, 0.15) is 5.82 Å². The lowest BCUT2D eigenvalue weighted by molar-refractivity contribution is 0.0215. The summed E-state index contributed by atoms with van der Waals surface area (Å²) in [5, 5.41) is 3.30. The van der Waals surface area contributed by atoms with E-state index in [4.69, 9.17) is 4.74 Å². The second kappa shape index (κ2) is 7.76. The highest BCUT2D eigenvalue weighted by molar-refractivity contribution is 5.48. The van der Waals surface area contributed by atoms with Crippen molar-refractivity contribution in [3.05, 3.63) is 29.6 Å². The Morgan fingerprint density at radius 1 is 1.38 bits per heavy atom. The van der Waals surface area contributed by atoms with E-state index in [1.165, 1.54) is 6.42 Å². The van der Waals surface area contributed by atoms with Crippen molar-refractivity contribution in [3.63, 3.8) is 0 Å². The number of hydrogen-bond donors (Lipinski definition) is 1. The van der Waals surface area contributed by atoms with Crippen LogP contribution in [0.3, 0.4) is 0 Å². The summed E-state index contributed by atoms with van der Waals surface area (Å²) in [5.74, 6) is -0.156. The first-order valence-electron chi connectivity index (χ1n) is 7.91. The normalized spacial score (nSPS) is 19.0. The van der Waals surface area contributed by atoms with Crippen LogP contribution in [0.15, 0.2) is 18.2 Å². The van der Waals surface area contributed by atoms with Gasteiger partial charge < -0.3 is 15.0 Å². The van der Waals surface area contributed by atoms with Gasteiger partial charge >= 0.3 is 0 Å². The second-order valence-electron chi connectivity index (χ2n) is 6.19. The third-order valence-electron chi connectivity index (χ3n) is 3.89. The van der Waals surface area contributed by atoms with Crippen LogP contribution in [0.25, 0.3) is 0 Å². The van der Waals surface area contributed by atoms with E-state index in [9.17, 15) is 4.39 Å². The van der Waals surface area contributed by atoms with Crippen molar-refractivity contribution in [1.82, 2.24) is 5.32 Å². The Bertz CT molecular complexity index is 444. The van der Waals surface area contributed by atoms with E-state index in [0.29, 0.717) is 18.3 Å². The van der Waals surface area contributed by atoms with Crippen molar-refractivity contribution in [3.8, 4) is 0 Å². The maximum absolute atomic E-state index is 14.3. The van der Waals surface area contributed by atoms with Gasteiger partial charge in [-0.25, -0.2) is 4.39 Å². The summed E-state index contributed by atoms with van der Waals surface area (Å²) in [6.07, 6.45) is 3.65. The summed E-state index contributed by atoms with van der Waals surface area (Å²) in [6, 6.07) is 5.89. The van der Waals surface area contributed by atoms with Gasteiger partial charge in [-0.05, 0) is 37.0 Å². The highest BCUT2D eigenvalue weighted by Gasteiger charge is 2.17. The minimum atomic E-state index is -0.156. The van der Waals surface area contributed by atoms with Crippen LogP contribution in [0.5, 0.6) is 0 Å². The molecule has 0 amide bonds. The number of hydrogen-bond acceptors (Lipinski definition) is 3. The molecular weight excluding hydrogens is 267 g/mol. The standard InChI is InChI=1S/C17H27FN2O/c1-13(2)19-11-14-7-8-17(16(18)10-14)20(3)12-15-6-4-5-9-21-15/h7-8,10,13,15,19H,4-6,9,11-12H2,1-3H3. The van der Waals surface area contributed by atoms with Gasteiger partial charge in [0.15, 0.2) is 0 Å². The molecule has 21 heavy (non-hydrogen) atoms. The Morgan fingerprint density at radius 2 is 2.19 bits per heavy atom. The minimum absolute atomic E-state index is 0.156. The molecule has 0 bridgehead atoms. The monoisotopic (exact) mass is 294 g/mol. The number of nitrogens with one attached hydrogen (secondary N) is 1. The quantitative estimate of drug-likeness (QED) is 0.871. The zero-order chi connectivity index (χ0) is 15.2. The zero-order valence-corrected chi connectivity index (χ0v) is 13.4. The third-order valence-corrected chi connectivity index (χ3v) is 3.89. The number of benzene rings is 1. The third kappa shape index (κ3) is 4.97. The van der Waals surface area contributed by atoms with Crippen molar-refractivity contribution < 1.29 is 9.13 Å². The van der Waals surface area contributed by atoms with E-state index in [0.717, 1.165) is 31.6 Å². The van der Waals surface area contributed by atoms with E-state index in [2.05, 4.69) is 19.2 Å². The van der Waals surface area contributed by atoms with Gasteiger partial charge in [0.2, 0.25) is 0 Å². The van der Waals surface area contributed by atoms with Crippen LogP contribution in [-0.2, 0) is 11.3 Å². The Hall–Kier alpha value is -1.13. The predicted molar refractivity (Wildman–Crippen MR) is 85.2 cm³/mol. The number of anilines is 1. The Kier molecular flexibility index (Phi) is 6.00. The highest BCUT2D eigenvalue weighted by atomic mass is 19.1. The Labute approximate surface area is 127 Å². The van der Waals surface area contributed by atoms with E-state index in [1.54, 1.807) is 6.07 Å². The molecule has 0 spiro atoms. The molecule has 1 aromatic rings. The molecular formula is C17H27FN2O. The van der Waals surface area contributed by atoms with Gasteiger partial charge in [0.05, 0.1) is 11.8 Å². The van der Waals surface area contributed by atoms with Crippen molar-refractivity contribution >= 4 is 5.69 Å². The van der Waals surface area contributed by atoms with Crippen LogP contribution < -0.4 is 10.2 Å². The molecule has 1 heterocycles. The lowest BCUT2D eigenvalue weighted by Gasteiger charge is -2.29. The molecule has 2 rings (SSSR count). The molecule has 1 atom stereocenters. The molecule has 1 aromatic carbocycles. The zero-order valence-electron chi connectivity index (χ0n) is 13.4. The lowest BCUT2D eigenvalue weighted by atomic mass is 10.1. The lowest BCUT2D eigenvalue weighted by Crippen LogP contribution is -2.33. The molecule has 118 valence electrons. The molecule has 0 aliphatic carbocycles. The highest BCUT2D eigenvalue weighted by Crippen LogP contribution is 2.22. The van der Waals surface area contributed by atoms with E-state index in [-0.39, 0.29) is 11.9 Å². The van der Waals surface area contributed by atoms with Crippen molar-refractivity contribution in [2.75, 3.05) is 25.1 Å². The maximum Gasteiger partial charge on any atom is 0.146 e. The first kappa shape index (κ1) is 16.2. The van der Waals surface area contributed by atoms with Crippen LogP contribution in [0.2, 0.25) is 0 Å². The van der Waals surface area contributed by atoms with Gasteiger partial charge in [-0.1, -0.05) is 19.9 Å². The molecule has 1 saturated heterocycles. The molecule has 1 aliphatic heterocycles. The number of ether oxygens (including phenoxy) is 1. The molecule has 0 saturated carbocycles.